The van der Waals surface area contributed by atoms with E-state index >= 15 is 0 Å². The SMILES string of the molecule is CC(C)(C)OC(=O)N1CCC2(OCCO2)C2(CCN(C(c3ccc(F)cc3)c3ccc(F)cc3)C2)C1. The molecule has 3 fully saturated rings. The molecule has 0 aliphatic carbocycles. The smallest absolute Gasteiger partial charge is 0.410 e. The summed E-state index contributed by atoms with van der Waals surface area (Å²) in [4.78, 5) is 17.1. The maximum absolute atomic E-state index is 13.8. The van der Waals surface area contributed by atoms with Crippen molar-refractivity contribution >= 4 is 6.09 Å². The van der Waals surface area contributed by atoms with Gasteiger partial charge in [-0.15, -0.1) is 0 Å². The molecular formula is C28H34F2N2O4. The summed E-state index contributed by atoms with van der Waals surface area (Å²) in [6.45, 7) is 8.91. The molecule has 8 heteroatoms. The van der Waals surface area contributed by atoms with Crippen LogP contribution in [0, 0.1) is 17.0 Å². The van der Waals surface area contributed by atoms with Gasteiger partial charge in [0.05, 0.1) is 24.7 Å². The van der Waals surface area contributed by atoms with E-state index in [0.717, 1.165) is 24.1 Å². The monoisotopic (exact) mass is 500 g/mol. The molecule has 0 aromatic heterocycles. The molecule has 3 aliphatic heterocycles. The first-order valence-electron chi connectivity index (χ1n) is 12.6. The van der Waals surface area contributed by atoms with Gasteiger partial charge in [-0.3, -0.25) is 4.90 Å². The number of carbonyl (C=O) groups excluding carboxylic acids is 1. The molecule has 0 radical (unpaired) electrons. The third-order valence-electron chi connectivity index (χ3n) is 7.54. The fourth-order valence-corrected chi connectivity index (χ4v) is 5.97. The topological polar surface area (TPSA) is 51.2 Å². The Hall–Kier alpha value is -2.55. The van der Waals surface area contributed by atoms with Crippen molar-refractivity contribution in [1.82, 2.24) is 9.80 Å². The molecule has 1 amide bonds. The molecule has 0 N–H and O–H groups in total. The number of amides is 1. The fraction of sp³-hybridized carbons (Fsp3) is 0.536. The van der Waals surface area contributed by atoms with Gasteiger partial charge in [0.25, 0.3) is 0 Å². The molecule has 1 unspecified atom stereocenters. The van der Waals surface area contributed by atoms with Gasteiger partial charge in [0.15, 0.2) is 5.79 Å². The zero-order chi connectivity index (χ0) is 25.6. The second-order valence-corrected chi connectivity index (χ2v) is 11.1. The number of fused-ring (bicyclic) bond motifs is 1. The minimum Gasteiger partial charge on any atom is -0.444 e. The highest BCUT2D eigenvalue weighted by atomic mass is 19.1. The van der Waals surface area contributed by atoms with Gasteiger partial charge in [-0.25, -0.2) is 13.6 Å². The van der Waals surface area contributed by atoms with E-state index in [0.29, 0.717) is 39.3 Å². The lowest BCUT2D eigenvalue weighted by Crippen LogP contribution is -2.63. The second-order valence-electron chi connectivity index (χ2n) is 11.1. The van der Waals surface area contributed by atoms with Crippen molar-refractivity contribution in [2.75, 3.05) is 39.4 Å². The quantitative estimate of drug-likeness (QED) is 0.585. The Balaban J connectivity index is 1.47. The van der Waals surface area contributed by atoms with Gasteiger partial charge < -0.3 is 19.1 Å². The molecule has 5 rings (SSSR count). The first-order valence-corrected chi connectivity index (χ1v) is 12.6. The summed E-state index contributed by atoms with van der Waals surface area (Å²) in [6.07, 6.45) is 0.991. The van der Waals surface area contributed by atoms with Crippen LogP contribution in [-0.4, -0.2) is 66.7 Å². The summed E-state index contributed by atoms with van der Waals surface area (Å²) in [5.41, 5.74) is 0.790. The number of likely N-dealkylation sites (tertiary alicyclic amines) is 2. The van der Waals surface area contributed by atoms with E-state index in [1.54, 1.807) is 29.2 Å². The van der Waals surface area contributed by atoms with Crippen LogP contribution in [0.3, 0.4) is 0 Å². The summed E-state index contributed by atoms with van der Waals surface area (Å²) in [7, 11) is 0. The largest absolute Gasteiger partial charge is 0.444 e. The van der Waals surface area contributed by atoms with Crippen molar-refractivity contribution in [2.24, 2.45) is 5.41 Å². The van der Waals surface area contributed by atoms with Crippen molar-refractivity contribution < 1.29 is 27.8 Å². The molecule has 1 atom stereocenters. The zero-order valence-corrected chi connectivity index (χ0v) is 21.1. The molecule has 194 valence electrons. The van der Waals surface area contributed by atoms with E-state index < -0.39 is 16.8 Å². The Morgan fingerprint density at radius 2 is 1.44 bits per heavy atom. The van der Waals surface area contributed by atoms with Crippen molar-refractivity contribution in [3.8, 4) is 0 Å². The first kappa shape index (κ1) is 25.1. The van der Waals surface area contributed by atoms with E-state index in [4.69, 9.17) is 14.2 Å². The minimum absolute atomic E-state index is 0.207. The van der Waals surface area contributed by atoms with Gasteiger partial charge >= 0.3 is 6.09 Å². The van der Waals surface area contributed by atoms with Crippen molar-refractivity contribution in [2.45, 2.75) is 51.0 Å². The van der Waals surface area contributed by atoms with Gasteiger partial charge in [0.1, 0.15) is 17.2 Å². The summed E-state index contributed by atoms with van der Waals surface area (Å²) >= 11 is 0. The Morgan fingerprint density at radius 3 is 1.97 bits per heavy atom. The first-order chi connectivity index (χ1) is 17.1. The Bertz CT molecular complexity index is 1030. The fourth-order valence-electron chi connectivity index (χ4n) is 5.97. The number of benzene rings is 2. The van der Waals surface area contributed by atoms with Crippen LogP contribution in [0.1, 0.15) is 50.8 Å². The maximum Gasteiger partial charge on any atom is 0.410 e. The number of nitrogens with zero attached hydrogens (tertiary/aromatic N) is 2. The molecule has 2 spiro atoms. The van der Waals surface area contributed by atoms with E-state index in [2.05, 4.69) is 4.90 Å². The minimum atomic E-state index is -0.767. The highest BCUT2D eigenvalue weighted by Crippen LogP contribution is 2.52. The van der Waals surface area contributed by atoms with Crippen LogP contribution in [0.25, 0.3) is 0 Å². The lowest BCUT2D eigenvalue weighted by Gasteiger charge is -2.51. The number of piperidine rings is 1. The summed E-state index contributed by atoms with van der Waals surface area (Å²) in [5, 5.41) is 0. The number of halogens is 2. The van der Waals surface area contributed by atoms with Crippen LogP contribution in [0.15, 0.2) is 48.5 Å². The molecule has 0 saturated carbocycles. The van der Waals surface area contributed by atoms with Crippen molar-refractivity contribution in [3.63, 3.8) is 0 Å². The predicted molar refractivity (Wildman–Crippen MR) is 130 cm³/mol. The highest BCUT2D eigenvalue weighted by Gasteiger charge is 2.62. The lowest BCUT2D eigenvalue weighted by atomic mass is 9.73. The summed E-state index contributed by atoms with van der Waals surface area (Å²) in [5.74, 6) is -1.38. The van der Waals surface area contributed by atoms with Crippen LogP contribution in [0.4, 0.5) is 13.6 Å². The maximum atomic E-state index is 13.8. The van der Waals surface area contributed by atoms with Crippen molar-refractivity contribution in [1.29, 1.82) is 0 Å². The molecule has 36 heavy (non-hydrogen) atoms. The average molecular weight is 501 g/mol. The second kappa shape index (κ2) is 9.39. The molecule has 6 nitrogen and oxygen atoms in total. The number of carbonyl (C=O) groups is 1. The van der Waals surface area contributed by atoms with Crippen molar-refractivity contribution in [3.05, 3.63) is 71.3 Å². The van der Waals surface area contributed by atoms with E-state index in [1.807, 2.05) is 20.8 Å². The Kier molecular flexibility index (Phi) is 6.55. The van der Waals surface area contributed by atoms with Crippen LogP contribution >= 0.6 is 0 Å². The third kappa shape index (κ3) is 4.74. The van der Waals surface area contributed by atoms with Crippen LogP contribution in [-0.2, 0) is 14.2 Å². The molecular weight excluding hydrogens is 466 g/mol. The predicted octanol–water partition coefficient (Wildman–Crippen LogP) is 5.13. The molecule has 3 saturated heterocycles. The van der Waals surface area contributed by atoms with E-state index in [-0.39, 0.29) is 23.8 Å². The van der Waals surface area contributed by atoms with E-state index in [1.165, 1.54) is 24.3 Å². The van der Waals surface area contributed by atoms with Crippen LogP contribution in [0.2, 0.25) is 0 Å². The summed E-state index contributed by atoms with van der Waals surface area (Å²) in [6, 6.07) is 12.7. The third-order valence-corrected chi connectivity index (χ3v) is 7.54. The number of ether oxygens (including phenoxy) is 3. The standard InChI is InChI=1S/C28H34F2N2O4/c1-26(2,3)36-25(33)32-15-13-28(34-16-17-35-28)27(19-32)12-14-31(18-27)24(20-4-8-22(29)9-5-20)21-6-10-23(30)11-7-21/h4-11,24H,12-19H2,1-3H3. The molecule has 0 bridgehead atoms. The lowest BCUT2D eigenvalue weighted by molar-refractivity contribution is -0.258. The van der Waals surface area contributed by atoms with Gasteiger partial charge in [0.2, 0.25) is 0 Å². The normalized spacial score (nSPS) is 24.2. The number of hydrogen-bond acceptors (Lipinski definition) is 5. The van der Waals surface area contributed by atoms with Gasteiger partial charge in [-0.2, -0.15) is 0 Å². The van der Waals surface area contributed by atoms with Gasteiger partial charge in [0, 0.05) is 26.1 Å². The van der Waals surface area contributed by atoms with Gasteiger partial charge in [-0.05, 0) is 69.1 Å². The summed E-state index contributed by atoms with van der Waals surface area (Å²) < 4.78 is 45.8. The highest BCUT2D eigenvalue weighted by molar-refractivity contribution is 5.68. The molecule has 2 aromatic rings. The Labute approximate surface area is 211 Å². The number of rotatable bonds is 3. The van der Waals surface area contributed by atoms with Gasteiger partial charge in [-0.1, -0.05) is 24.3 Å². The Morgan fingerprint density at radius 1 is 0.889 bits per heavy atom. The number of hydrogen-bond donors (Lipinski definition) is 0. The average Bonchev–Trinajstić information content (AvgIpc) is 3.47. The zero-order valence-electron chi connectivity index (χ0n) is 21.1. The molecule has 3 heterocycles. The molecule has 3 aliphatic rings. The van der Waals surface area contributed by atoms with E-state index in [9.17, 15) is 13.6 Å². The van der Waals surface area contributed by atoms with Crippen LogP contribution < -0.4 is 0 Å². The van der Waals surface area contributed by atoms with Crippen LogP contribution in [0.5, 0.6) is 0 Å². The molecule has 2 aromatic carbocycles.